The first-order valence-corrected chi connectivity index (χ1v) is 5.24. The van der Waals surface area contributed by atoms with E-state index in [-0.39, 0.29) is 10.3 Å². The van der Waals surface area contributed by atoms with Crippen molar-refractivity contribution < 1.29 is 23.1 Å². The van der Waals surface area contributed by atoms with Crippen molar-refractivity contribution in [2.24, 2.45) is 0 Å². The molecule has 4 nitrogen and oxygen atoms in total. The van der Waals surface area contributed by atoms with Crippen LogP contribution < -0.4 is 5.32 Å². The van der Waals surface area contributed by atoms with E-state index < -0.39 is 23.9 Å². The van der Waals surface area contributed by atoms with Gasteiger partial charge in [0.05, 0.1) is 0 Å². The highest BCUT2D eigenvalue weighted by Gasteiger charge is 2.35. The van der Waals surface area contributed by atoms with E-state index in [0.717, 1.165) is 6.07 Å². The van der Waals surface area contributed by atoms with Crippen molar-refractivity contribution in [3.05, 3.63) is 22.3 Å². The van der Waals surface area contributed by atoms with Crippen LogP contribution in [-0.4, -0.2) is 22.1 Å². The minimum absolute atomic E-state index is 0.143. The molecule has 17 heavy (non-hydrogen) atoms. The van der Waals surface area contributed by atoms with Gasteiger partial charge in [0.1, 0.15) is 11.9 Å². The first-order chi connectivity index (χ1) is 7.71. The highest BCUT2D eigenvalue weighted by atomic mass is 79.9. The van der Waals surface area contributed by atoms with Crippen LogP contribution in [0.2, 0.25) is 0 Å². The van der Waals surface area contributed by atoms with Crippen LogP contribution in [0.1, 0.15) is 12.6 Å². The molecule has 8 heteroatoms. The molecule has 94 valence electrons. The molecule has 0 saturated carbocycles. The maximum Gasteiger partial charge on any atom is 0.434 e. The highest BCUT2D eigenvalue weighted by Crippen LogP contribution is 2.34. The summed E-state index contributed by atoms with van der Waals surface area (Å²) >= 11 is 2.73. The fourth-order valence-electron chi connectivity index (χ4n) is 1.00. The SMILES string of the molecule is C[C@H](Nc1ccc(Br)c(C(F)(F)F)n1)C(=O)O. The van der Waals surface area contributed by atoms with E-state index in [4.69, 9.17) is 5.11 Å². The van der Waals surface area contributed by atoms with Crippen molar-refractivity contribution in [2.75, 3.05) is 5.32 Å². The summed E-state index contributed by atoms with van der Waals surface area (Å²) < 4.78 is 37.3. The van der Waals surface area contributed by atoms with Gasteiger partial charge in [0, 0.05) is 4.47 Å². The van der Waals surface area contributed by atoms with Crippen LogP contribution in [0.4, 0.5) is 19.0 Å². The minimum atomic E-state index is -4.59. The molecule has 0 radical (unpaired) electrons. The number of hydrogen-bond donors (Lipinski definition) is 2. The molecular formula is C9H8BrF3N2O2. The number of carboxylic acids is 1. The molecule has 0 bridgehead atoms. The number of aromatic nitrogens is 1. The quantitative estimate of drug-likeness (QED) is 0.901. The van der Waals surface area contributed by atoms with Crippen molar-refractivity contribution in [1.82, 2.24) is 4.98 Å². The zero-order valence-electron chi connectivity index (χ0n) is 8.55. The van der Waals surface area contributed by atoms with Gasteiger partial charge in [-0.05, 0) is 35.0 Å². The molecule has 0 spiro atoms. The molecule has 0 saturated heterocycles. The lowest BCUT2D eigenvalue weighted by molar-refractivity contribution is -0.141. The second-order valence-corrected chi connectivity index (χ2v) is 4.08. The van der Waals surface area contributed by atoms with E-state index in [1.54, 1.807) is 0 Å². The zero-order chi connectivity index (χ0) is 13.2. The van der Waals surface area contributed by atoms with E-state index in [0.29, 0.717) is 0 Å². The lowest BCUT2D eigenvalue weighted by Gasteiger charge is -2.13. The lowest BCUT2D eigenvalue weighted by atomic mass is 10.3. The largest absolute Gasteiger partial charge is 0.480 e. The zero-order valence-corrected chi connectivity index (χ0v) is 10.1. The molecule has 0 aliphatic carbocycles. The van der Waals surface area contributed by atoms with Crippen molar-refractivity contribution in [3.8, 4) is 0 Å². The van der Waals surface area contributed by atoms with Gasteiger partial charge in [-0.25, -0.2) is 4.98 Å². The number of hydrogen-bond acceptors (Lipinski definition) is 3. The molecular weight excluding hydrogens is 305 g/mol. The summed E-state index contributed by atoms with van der Waals surface area (Å²) in [5.41, 5.74) is -1.10. The van der Waals surface area contributed by atoms with Crippen molar-refractivity contribution in [1.29, 1.82) is 0 Å². The Labute approximate surface area is 103 Å². The molecule has 1 aromatic rings. The Kier molecular flexibility index (Phi) is 3.97. The summed E-state index contributed by atoms with van der Waals surface area (Å²) in [4.78, 5) is 13.9. The van der Waals surface area contributed by atoms with Gasteiger partial charge >= 0.3 is 12.1 Å². The molecule has 0 fully saturated rings. The Balaban J connectivity index is 3.01. The summed E-state index contributed by atoms with van der Waals surface area (Å²) in [6, 6.07) is 1.40. The van der Waals surface area contributed by atoms with Gasteiger partial charge in [-0.15, -0.1) is 0 Å². The number of aliphatic carboxylic acids is 1. The number of nitrogens with one attached hydrogen (secondary N) is 1. The number of rotatable bonds is 3. The lowest BCUT2D eigenvalue weighted by Crippen LogP contribution is -2.26. The average Bonchev–Trinajstić information content (AvgIpc) is 2.19. The number of halogens is 4. The fraction of sp³-hybridized carbons (Fsp3) is 0.333. The predicted octanol–water partition coefficient (Wildman–Crippen LogP) is 2.75. The maximum absolute atomic E-state index is 12.5. The Morgan fingerprint density at radius 2 is 2.12 bits per heavy atom. The van der Waals surface area contributed by atoms with Crippen molar-refractivity contribution >= 4 is 27.7 Å². The molecule has 1 atom stereocenters. The Hall–Kier alpha value is -1.31. The second kappa shape index (κ2) is 4.91. The molecule has 0 amide bonds. The highest BCUT2D eigenvalue weighted by molar-refractivity contribution is 9.10. The van der Waals surface area contributed by atoms with E-state index in [2.05, 4.69) is 26.2 Å². The molecule has 0 aromatic carbocycles. The van der Waals surface area contributed by atoms with Crippen LogP contribution in [0.5, 0.6) is 0 Å². The van der Waals surface area contributed by atoms with Crippen LogP contribution in [0.15, 0.2) is 16.6 Å². The third-order valence-electron chi connectivity index (χ3n) is 1.85. The van der Waals surface area contributed by atoms with E-state index in [1.807, 2.05) is 0 Å². The molecule has 0 aliphatic heterocycles. The maximum atomic E-state index is 12.5. The number of pyridine rings is 1. The molecule has 1 rings (SSSR count). The predicted molar refractivity (Wildman–Crippen MR) is 57.7 cm³/mol. The van der Waals surface area contributed by atoms with Gasteiger partial charge < -0.3 is 10.4 Å². The first-order valence-electron chi connectivity index (χ1n) is 4.45. The summed E-state index contributed by atoms with van der Waals surface area (Å²) in [5, 5.41) is 11.0. The topological polar surface area (TPSA) is 62.2 Å². The number of nitrogens with zero attached hydrogens (tertiary/aromatic N) is 1. The van der Waals surface area contributed by atoms with Gasteiger partial charge in [0.2, 0.25) is 0 Å². The third kappa shape index (κ3) is 3.58. The van der Waals surface area contributed by atoms with E-state index in [9.17, 15) is 18.0 Å². The second-order valence-electron chi connectivity index (χ2n) is 3.23. The van der Waals surface area contributed by atoms with Crippen LogP contribution in [0.3, 0.4) is 0 Å². The van der Waals surface area contributed by atoms with Gasteiger partial charge in [-0.1, -0.05) is 0 Å². The van der Waals surface area contributed by atoms with E-state index >= 15 is 0 Å². The number of carbonyl (C=O) groups is 1. The molecule has 1 heterocycles. The first kappa shape index (κ1) is 13.8. The molecule has 1 aromatic heterocycles. The number of carboxylic acid groups (broad SMARTS) is 1. The van der Waals surface area contributed by atoms with Crippen LogP contribution in [0.25, 0.3) is 0 Å². The number of alkyl halides is 3. The van der Waals surface area contributed by atoms with Gasteiger partial charge in [-0.2, -0.15) is 13.2 Å². The molecule has 0 aliphatic rings. The normalized spacial score (nSPS) is 13.2. The monoisotopic (exact) mass is 312 g/mol. The van der Waals surface area contributed by atoms with Crippen LogP contribution in [-0.2, 0) is 11.0 Å². The smallest absolute Gasteiger partial charge is 0.434 e. The Morgan fingerprint density at radius 1 is 1.53 bits per heavy atom. The fourth-order valence-corrected chi connectivity index (χ4v) is 1.45. The average molecular weight is 313 g/mol. The standard InChI is InChI=1S/C9H8BrF3N2O2/c1-4(8(16)17)14-6-3-2-5(10)7(15-6)9(11,12)13/h2-4H,1H3,(H,14,15)(H,16,17)/t4-/m0/s1. The van der Waals surface area contributed by atoms with E-state index in [1.165, 1.54) is 13.0 Å². The minimum Gasteiger partial charge on any atom is -0.480 e. The van der Waals surface area contributed by atoms with Crippen molar-refractivity contribution in [3.63, 3.8) is 0 Å². The summed E-state index contributed by atoms with van der Waals surface area (Å²) in [7, 11) is 0. The number of anilines is 1. The summed E-state index contributed by atoms with van der Waals surface area (Å²) in [6.45, 7) is 1.30. The summed E-state index contributed by atoms with van der Waals surface area (Å²) in [6.07, 6.45) is -4.59. The van der Waals surface area contributed by atoms with Crippen LogP contribution in [0, 0.1) is 0 Å². The van der Waals surface area contributed by atoms with Crippen LogP contribution >= 0.6 is 15.9 Å². The van der Waals surface area contributed by atoms with Gasteiger partial charge in [0.15, 0.2) is 5.69 Å². The third-order valence-corrected chi connectivity index (χ3v) is 2.49. The summed E-state index contributed by atoms with van der Waals surface area (Å²) in [5.74, 6) is -1.32. The molecule has 2 N–H and O–H groups in total. The van der Waals surface area contributed by atoms with Gasteiger partial charge in [0.25, 0.3) is 0 Å². The Bertz CT molecular complexity index is 437. The Morgan fingerprint density at radius 3 is 2.59 bits per heavy atom. The van der Waals surface area contributed by atoms with Gasteiger partial charge in [-0.3, -0.25) is 4.79 Å². The van der Waals surface area contributed by atoms with Crippen molar-refractivity contribution in [2.45, 2.75) is 19.1 Å². The molecule has 0 unspecified atom stereocenters.